The van der Waals surface area contributed by atoms with Gasteiger partial charge in [0.05, 0.1) is 11.9 Å². The molecule has 0 atom stereocenters. The maximum atomic E-state index is 12.5. The molecular weight excluding hydrogens is 444 g/mol. The number of carbonyl (C=O) groups is 2. The lowest BCUT2D eigenvalue weighted by molar-refractivity contribution is -0.256. The average Bonchev–Trinajstić information content (AvgIpc) is 3.21. The van der Waals surface area contributed by atoms with E-state index in [1.54, 1.807) is 12.1 Å². The first-order chi connectivity index (χ1) is 16.8. The van der Waals surface area contributed by atoms with Crippen LogP contribution in [0.25, 0.3) is 21.9 Å². The number of benzene rings is 2. The Labute approximate surface area is 207 Å². The van der Waals surface area contributed by atoms with Crippen LogP contribution in [0.1, 0.15) is 72.4 Å². The molecule has 3 aromatic rings. The lowest BCUT2D eigenvalue weighted by Crippen LogP contribution is -2.28. The lowest BCUT2D eigenvalue weighted by atomic mass is 9.90. The highest BCUT2D eigenvalue weighted by Gasteiger charge is 2.20. The third kappa shape index (κ3) is 6.03. The molecule has 0 aliphatic heterocycles. The van der Waals surface area contributed by atoms with Gasteiger partial charge >= 0.3 is 0 Å². The molecule has 7 heteroatoms. The number of nitrogens with zero attached hydrogens (tertiary/aromatic N) is 2. The van der Waals surface area contributed by atoms with Crippen molar-refractivity contribution in [3.05, 3.63) is 46.5 Å². The molecule has 2 aromatic carbocycles. The van der Waals surface area contributed by atoms with Crippen LogP contribution >= 0.6 is 0 Å². The number of aryl methyl sites for hydroxylation is 2. The Kier molecular flexibility index (Phi) is 9.29. The first-order valence-corrected chi connectivity index (χ1v) is 12.7. The third-order valence-electron chi connectivity index (χ3n) is 7.00. The molecule has 0 N–H and O–H groups in total. The van der Waals surface area contributed by atoms with Crippen LogP contribution in [-0.4, -0.2) is 61.0 Å². The topological polar surface area (TPSA) is 99.9 Å². The minimum absolute atomic E-state index is 0.0348. The Bertz CT molecular complexity index is 1180. The smallest absolute Gasteiger partial charge is 0.136 e. The first kappa shape index (κ1) is 26.7. The molecular formula is C28H36N2O5-2. The number of hydrogen-bond acceptors (Lipinski definition) is 7. The van der Waals surface area contributed by atoms with Crippen LogP contribution in [0.2, 0.25) is 0 Å². The van der Waals surface area contributed by atoms with Crippen molar-refractivity contribution in [2.75, 3.05) is 39.3 Å². The Balaban J connectivity index is 2.13. The normalized spacial score (nSPS) is 11.8. The summed E-state index contributed by atoms with van der Waals surface area (Å²) in [5, 5.41) is 25.2. The minimum Gasteiger partial charge on any atom is -0.545 e. The SMILES string of the molecule is CCN(CC)CCCc1cc2oc3ccc(C(=O)[O-])cc3c2c(CCCN(CC)CC)c1C(=O)[O-]. The van der Waals surface area contributed by atoms with Gasteiger partial charge in [0, 0.05) is 16.3 Å². The van der Waals surface area contributed by atoms with Crippen molar-refractivity contribution in [2.24, 2.45) is 0 Å². The molecule has 35 heavy (non-hydrogen) atoms. The number of furan rings is 1. The zero-order valence-electron chi connectivity index (χ0n) is 21.3. The standard InChI is InChI=1S/C28H38N2O5/c1-5-29(6-2)15-9-11-19-18-24-26(22-17-20(27(31)32)13-14-23(22)35-24)21(25(19)28(33)34)12-10-16-30(7-3)8-4/h13-14,17-18H,5-12,15-16H2,1-4H3,(H,31,32)(H,33,34)/p-2. The summed E-state index contributed by atoms with van der Waals surface area (Å²) in [5.41, 5.74) is 2.74. The van der Waals surface area contributed by atoms with Gasteiger partial charge in [0.15, 0.2) is 0 Å². The number of aromatic carboxylic acids is 2. The number of carbonyl (C=O) groups excluding carboxylic acids is 2. The zero-order chi connectivity index (χ0) is 25.5. The van der Waals surface area contributed by atoms with Crippen LogP contribution in [-0.2, 0) is 12.8 Å². The highest BCUT2D eigenvalue weighted by molar-refractivity contribution is 6.11. The molecule has 0 saturated carbocycles. The van der Waals surface area contributed by atoms with Crippen LogP contribution in [0.15, 0.2) is 28.7 Å². The maximum Gasteiger partial charge on any atom is 0.136 e. The summed E-state index contributed by atoms with van der Waals surface area (Å²) in [6.07, 6.45) is 2.72. The van der Waals surface area contributed by atoms with Gasteiger partial charge in [0.2, 0.25) is 0 Å². The number of fused-ring (bicyclic) bond motifs is 3. The monoisotopic (exact) mass is 480 g/mol. The van der Waals surface area contributed by atoms with Crippen LogP contribution in [0.4, 0.5) is 0 Å². The average molecular weight is 481 g/mol. The predicted octanol–water partition coefficient (Wildman–Crippen LogP) is 2.86. The lowest BCUT2D eigenvalue weighted by Gasteiger charge is -2.21. The summed E-state index contributed by atoms with van der Waals surface area (Å²) in [4.78, 5) is 28.6. The van der Waals surface area contributed by atoms with E-state index in [0.717, 1.165) is 52.1 Å². The number of rotatable bonds is 14. The third-order valence-corrected chi connectivity index (χ3v) is 7.00. The molecule has 0 aliphatic carbocycles. The Hall–Kier alpha value is -2.90. The van der Waals surface area contributed by atoms with Crippen LogP contribution in [0.5, 0.6) is 0 Å². The molecule has 0 aliphatic rings. The van der Waals surface area contributed by atoms with E-state index in [2.05, 4.69) is 37.5 Å². The fourth-order valence-electron chi connectivity index (χ4n) is 4.96. The van der Waals surface area contributed by atoms with Gasteiger partial charge in [-0.15, -0.1) is 0 Å². The first-order valence-electron chi connectivity index (χ1n) is 12.7. The summed E-state index contributed by atoms with van der Waals surface area (Å²) in [5.74, 6) is -2.48. The van der Waals surface area contributed by atoms with Crippen molar-refractivity contribution < 1.29 is 24.2 Å². The van der Waals surface area contributed by atoms with Crippen molar-refractivity contribution in [2.45, 2.75) is 53.4 Å². The van der Waals surface area contributed by atoms with Gasteiger partial charge < -0.3 is 34.0 Å². The number of carboxylic acids is 2. The highest BCUT2D eigenvalue weighted by atomic mass is 16.4. The quantitative estimate of drug-likeness (QED) is 0.350. The van der Waals surface area contributed by atoms with Crippen LogP contribution in [0, 0.1) is 0 Å². The summed E-state index contributed by atoms with van der Waals surface area (Å²) < 4.78 is 6.10. The highest BCUT2D eigenvalue weighted by Crippen LogP contribution is 2.36. The van der Waals surface area contributed by atoms with Crippen molar-refractivity contribution in [3.63, 3.8) is 0 Å². The van der Waals surface area contributed by atoms with Gasteiger partial charge in [0.25, 0.3) is 0 Å². The Morgan fingerprint density at radius 1 is 0.800 bits per heavy atom. The van der Waals surface area contributed by atoms with Crippen LogP contribution in [0.3, 0.4) is 0 Å². The van der Waals surface area contributed by atoms with E-state index >= 15 is 0 Å². The van der Waals surface area contributed by atoms with E-state index in [4.69, 9.17) is 4.42 Å². The van der Waals surface area contributed by atoms with Crippen molar-refractivity contribution in [1.82, 2.24) is 9.80 Å². The summed E-state index contributed by atoms with van der Waals surface area (Å²) in [7, 11) is 0. The summed E-state index contributed by atoms with van der Waals surface area (Å²) in [6.45, 7) is 13.9. The van der Waals surface area contributed by atoms with E-state index in [-0.39, 0.29) is 11.1 Å². The summed E-state index contributed by atoms with van der Waals surface area (Å²) in [6, 6.07) is 6.38. The predicted molar refractivity (Wildman–Crippen MR) is 135 cm³/mol. The second kappa shape index (κ2) is 12.2. The van der Waals surface area contributed by atoms with Crippen molar-refractivity contribution >= 4 is 33.9 Å². The largest absolute Gasteiger partial charge is 0.545 e. The van der Waals surface area contributed by atoms with Gasteiger partial charge in [-0.05, 0) is 106 Å². The second-order valence-corrected chi connectivity index (χ2v) is 8.91. The fraction of sp³-hybridized carbons (Fsp3) is 0.500. The van der Waals surface area contributed by atoms with Gasteiger partial charge in [-0.25, -0.2) is 0 Å². The Morgan fingerprint density at radius 2 is 1.40 bits per heavy atom. The number of carboxylic acid groups (broad SMARTS) is 2. The second-order valence-electron chi connectivity index (χ2n) is 8.91. The molecule has 1 heterocycles. The molecule has 0 amide bonds. The van der Waals surface area contributed by atoms with E-state index < -0.39 is 11.9 Å². The molecule has 0 bridgehead atoms. The maximum absolute atomic E-state index is 12.5. The van der Waals surface area contributed by atoms with Gasteiger partial charge in [0.1, 0.15) is 11.2 Å². The minimum atomic E-state index is -1.28. The molecule has 0 fully saturated rings. The Morgan fingerprint density at radius 3 is 1.94 bits per heavy atom. The van der Waals surface area contributed by atoms with E-state index in [0.29, 0.717) is 45.9 Å². The number of hydrogen-bond donors (Lipinski definition) is 0. The van der Waals surface area contributed by atoms with Gasteiger partial charge in [-0.1, -0.05) is 27.7 Å². The van der Waals surface area contributed by atoms with E-state index in [1.165, 1.54) is 12.1 Å². The molecule has 1 aromatic heterocycles. The van der Waals surface area contributed by atoms with Crippen molar-refractivity contribution in [1.29, 1.82) is 0 Å². The molecule has 190 valence electrons. The molecule has 0 unspecified atom stereocenters. The van der Waals surface area contributed by atoms with Gasteiger partial charge in [-0.3, -0.25) is 0 Å². The summed E-state index contributed by atoms with van der Waals surface area (Å²) >= 11 is 0. The van der Waals surface area contributed by atoms with Crippen molar-refractivity contribution in [3.8, 4) is 0 Å². The molecule has 3 rings (SSSR count). The molecule has 0 saturated heterocycles. The zero-order valence-corrected chi connectivity index (χ0v) is 21.3. The van der Waals surface area contributed by atoms with Gasteiger partial charge in [-0.2, -0.15) is 0 Å². The van der Waals surface area contributed by atoms with Crippen LogP contribution < -0.4 is 10.2 Å². The van der Waals surface area contributed by atoms with E-state index in [1.807, 2.05) is 0 Å². The molecule has 0 radical (unpaired) electrons. The molecule has 7 nitrogen and oxygen atoms in total. The molecule has 0 spiro atoms. The van der Waals surface area contributed by atoms with E-state index in [9.17, 15) is 19.8 Å². The fourth-order valence-corrected chi connectivity index (χ4v) is 4.96.